The second-order valence-electron chi connectivity index (χ2n) is 7.43. The van der Waals surface area contributed by atoms with E-state index in [0.29, 0.717) is 24.3 Å². The normalized spacial score (nSPS) is 17.5. The molecule has 4 rings (SSSR count). The summed E-state index contributed by atoms with van der Waals surface area (Å²) in [5.74, 6) is -13.6. The highest BCUT2D eigenvalue weighted by molar-refractivity contribution is 5.96. The number of ether oxygens (including phenoxy) is 1. The summed E-state index contributed by atoms with van der Waals surface area (Å²) < 4.78 is 72.2. The SMILES string of the molecule is Cc1ncc(C(=O)Oc2c(F)c(F)c(F)c(F)c2F)c(N2CCC3(CC2)CC3)n1. The van der Waals surface area contributed by atoms with Gasteiger partial charge in [-0.25, -0.2) is 27.9 Å². The molecule has 1 aromatic carbocycles. The molecule has 1 aromatic heterocycles. The van der Waals surface area contributed by atoms with Crippen LogP contribution in [-0.4, -0.2) is 29.0 Å². The Morgan fingerprint density at radius 3 is 2.07 bits per heavy atom. The van der Waals surface area contributed by atoms with Gasteiger partial charge in [0.1, 0.15) is 17.2 Å². The van der Waals surface area contributed by atoms with Crippen molar-refractivity contribution in [1.82, 2.24) is 9.97 Å². The molecule has 1 saturated heterocycles. The van der Waals surface area contributed by atoms with Crippen molar-refractivity contribution < 1.29 is 31.5 Å². The van der Waals surface area contributed by atoms with Gasteiger partial charge in [0.05, 0.1) is 0 Å². The number of piperidine rings is 1. The van der Waals surface area contributed by atoms with Crippen LogP contribution in [0.15, 0.2) is 6.20 Å². The lowest BCUT2D eigenvalue weighted by molar-refractivity contribution is 0.0715. The average molecular weight is 413 g/mol. The molecule has 2 fully saturated rings. The van der Waals surface area contributed by atoms with E-state index in [1.54, 1.807) is 6.92 Å². The summed E-state index contributed by atoms with van der Waals surface area (Å²) >= 11 is 0. The first-order valence-corrected chi connectivity index (χ1v) is 9.05. The molecular formula is C19H16F5N3O2. The number of rotatable bonds is 3. The van der Waals surface area contributed by atoms with E-state index in [4.69, 9.17) is 0 Å². The first-order valence-electron chi connectivity index (χ1n) is 9.05. The van der Waals surface area contributed by atoms with Gasteiger partial charge in [0.15, 0.2) is 0 Å². The summed E-state index contributed by atoms with van der Waals surface area (Å²) in [5, 5.41) is 0. The Kier molecular flexibility index (Phi) is 4.66. The van der Waals surface area contributed by atoms with Crippen molar-refractivity contribution in [2.45, 2.75) is 32.6 Å². The van der Waals surface area contributed by atoms with Gasteiger partial charge in [-0.2, -0.15) is 8.78 Å². The van der Waals surface area contributed by atoms with Crippen molar-refractivity contribution in [3.8, 4) is 5.75 Å². The number of aryl methyl sites for hydroxylation is 1. The molecule has 0 unspecified atom stereocenters. The Morgan fingerprint density at radius 1 is 0.966 bits per heavy atom. The fourth-order valence-corrected chi connectivity index (χ4v) is 3.53. The Morgan fingerprint density at radius 2 is 1.52 bits per heavy atom. The number of halogens is 5. The third kappa shape index (κ3) is 3.40. The molecular weight excluding hydrogens is 397 g/mol. The average Bonchev–Trinajstić information content (AvgIpc) is 3.47. The molecule has 1 spiro atoms. The number of aromatic nitrogens is 2. The van der Waals surface area contributed by atoms with Gasteiger partial charge in [0.25, 0.3) is 0 Å². The smallest absolute Gasteiger partial charge is 0.349 e. The van der Waals surface area contributed by atoms with Crippen molar-refractivity contribution in [3.63, 3.8) is 0 Å². The molecule has 1 saturated carbocycles. The zero-order valence-corrected chi connectivity index (χ0v) is 15.4. The highest BCUT2D eigenvalue weighted by Gasteiger charge is 2.45. The zero-order chi connectivity index (χ0) is 20.9. The van der Waals surface area contributed by atoms with Crippen molar-refractivity contribution in [3.05, 3.63) is 46.7 Å². The third-order valence-electron chi connectivity index (χ3n) is 5.55. The highest BCUT2D eigenvalue weighted by Crippen LogP contribution is 2.54. The molecule has 1 aliphatic heterocycles. The fourth-order valence-electron chi connectivity index (χ4n) is 3.53. The standard InChI is InChI=1S/C19H16F5N3O2/c1-9-25-8-10(17(26-9)27-6-4-19(2-3-19)5-7-27)18(28)29-16-14(23)12(21)11(20)13(22)15(16)24/h8H,2-7H2,1H3. The van der Waals surface area contributed by atoms with Gasteiger partial charge < -0.3 is 9.64 Å². The zero-order valence-electron chi connectivity index (χ0n) is 15.4. The molecule has 5 nitrogen and oxygen atoms in total. The first kappa shape index (κ1) is 19.5. The van der Waals surface area contributed by atoms with Crippen LogP contribution >= 0.6 is 0 Å². The lowest BCUT2D eigenvalue weighted by Crippen LogP contribution is -2.36. The van der Waals surface area contributed by atoms with E-state index >= 15 is 0 Å². The summed E-state index contributed by atoms with van der Waals surface area (Å²) in [4.78, 5) is 22.5. The maximum atomic E-state index is 13.9. The van der Waals surface area contributed by atoms with E-state index in [0.717, 1.165) is 19.0 Å². The van der Waals surface area contributed by atoms with E-state index in [1.807, 2.05) is 4.90 Å². The summed E-state index contributed by atoms with van der Waals surface area (Å²) in [5.41, 5.74) is 0.139. The van der Waals surface area contributed by atoms with Crippen molar-refractivity contribution in [2.24, 2.45) is 5.41 Å². The Hall–Kier alpha value is -2.78. The van der Waals surface area contributed by atoms with Crippen LogP contribution in [0.4, 0.5) is 27.8 Å². The molecule has 29 heavy (non-hydrogen) atoms. The van der Waals surface area contributed by atoms with Crippen LogP contribution < -0.4 is 9.64 Å². The Labute approximate surface area is 162 Å². The van der Waals surface area contributed by atoms with E-state index in [9.17, 15) is 26.7 Å². The molecule has 0 N–H and O–H groups in total. The number of carbonyl (C=O) groups excluding carboxylic acids is 1. The number of nitrogens with zero attached hydrogens (tertiary/aromatic N) is 3. The number of hydrogen-bond acceptors (Lipinski definition) is 5. The summed E-state index contributed by atoms with van der Waals surface area (Å²) in [7, 11) is 0. The molecule has 2 heterocycles. The summed E-state index contributed by atoms with van der Waals surface area (Å²) in [6.07, 6.45) is 5.29. The van der Waals surface area contributed by atoms with Crippen molar-refractivity contribution in [1.29, 1.82) is 0 Å². The molecule has 2 aliphatic rings. The van der Waals surface area contributed by atoms with Crippen LogP contribution in [0.3, 0.4) is 0 Å². The minimum atomic E-state index is -2.33. The molecule has 0 amide bonds. The molecule has 0 bridgehead atoms. The lowest BCUT2D eigenvalue weighted by Gasteiger charge is -2.33. The highest BCUT2D eigenvalue weighted by atomic mass is 19.2. The van der Waals surface area contributed by atoms with E-state index in [1.165, 1.54) is 12.8 Å². The monoisotopic (exact) mass is 413 g/mol. The van der Waals surface area contributed by atoms with Gasteiger partial charge in [0.2, 0.25) is 34.8 Å². The Bertz CT molecular complexity index is 971. The van der Waals surface area contributed by atoms with E-state index in [-0.39, 0.29) is 11.4 Å². The minimum Gasteiger partial charge on any atom is -0.416 e. The van der Waals surface area contributed by atoms with Crippen LogP contribution in [0, 0.1) is 41.4 Å². The summed E-state index contributed by atoms with van der Waals surface area (Å²) in [6, 6.07) is 0. The molecule has 154 valence electrons. The second kappa shape index (κ2) is 6.93. The maximum Gasteiger partial charge on any atom is 0.349 e. The van der Waals surface area contributed by atoms with Crippen molar-refractivity contribution in [2.75, 3.05) is 18.0 Å². The first-order chi connectivity index (χ1) is 13.7. The molecule has 0 atom stereocenters. The number of esters is 1. The topological polar surface area (TPSA) is 55.3 Å². The van der Waals surface area contributed by atoms with Crippen LogP contribution in [-0.2, 0) is 0 Å². The molecule has 1 aliphatic carbocycles. The van der Waals surface area contributed by atoms with Gasteiger partial charge >= 0.3 is 5.97 Å². The van der Waals surface area contributed by atoms with Gasteiger partial charge in [0, 0.05) is 19.3 Å². The molecule has 2 aromatic rings. The number of hydrogen-bond donors (Lipinski definition) is 0. The largest absolute Gasteiger partial charge is 0.416 e. The fraction of sp³-hybridized carbons (Fsp3) is 0.421. The predicted octanol–water partition coefficient (Wildman–Crippen LogP) is 4.08. The third-order valence-corrected chi connectivity index (χ3v) is 5.55. The number of carbonyl (C=O) groups is 1. The van der Waals surface area contributed by atoms with Gasteiger partial charge in [-0.15, -0.1) is 0 Å². The second-order valence-corrected chi connectivity index (χ2v) is 7.43. The van der Waals surface area contributed by atoms with Crippen LogP contribution in [0.25, 0.3) is 0 Å². The lowest BCUT2D eigenvalue weighted by atomic mass is 9.93. The molecule has 0 radical (unpaired) electrons. The molecule has 10 heteroatoms. The number of benzene rings is 1. The van der Waals surface area contributed by atoms with Gasteiger partial charge in [-0.1, -0.05) is 0 Å². The van der Waals surface area contributed by atoms with Crippen LogP contribution in [0.1, 0.15) is 41.9 Å². The van der Waals surface area contributed by atoms with Crippen LogP contribution in [0.2, 0.25) is 0 Å². The Balaban J connectivity index is 1.65. The number of anilines is 1. The van der Waals surface area contributed by atoms with Crippen LogP contribution in [0.5, 0.6) is 5.75 Å². The minimum absolute atomic E-state index is 0.210. The van der Waals surface area contributed by atoms with E-state index < -0.39 is 40.8 Å². The predicted molar refractivity (Wildman–Crippen MR) is 91.1 cm³/mol. The van der Waals surface area contributed by atoms with Gasteiger partial charge in [-0.05, 0) is 38.0 Å². The van der Waals surface area contributed by atoms with E-state index in [2.05, 4.69) is 14.7 Å². The van der Waals surface area contributed by atoms with Crippen molar-refractivity contribution >= 4 is 11.8 Å². The quantitative estimate of drug-likeness (QED) is 0.250. The van der Waals surface area contributed by atoms with Gasteiger partial charge in [-0.3, -0.25) is 0 Å². The summed E-state index contributed by atoms with van der Waals surface area (Å²) in [6.45, 7) is 2.85. The maximum absolute atomic E-state index is 13.9.